The molecule has 130 valence electrons. The SMILES string of the molecule is CC(C)[C@@H]1OCCC[C@@H]1Nc1ccnc(NCc2ccnn2C)n1. The predicted octanol–water partition coefficient (Wildman–Crippen LogP) is 2.44. The van der Waals surface area contributed by atoms with Crippen LogP contribution in [0.15, 0.2) is 24.5 Å². The molecule has 0 saturated carbocycles. The number of nitrogens with one attached hydrogen (secondary N) is 2. The molecule has 7 heteroatoms. The first kappa shape index (κ1) is 16.7. The normalized spacial score (nSPS) is 21.0. The smallest absolute Gasteiger partial charge is 0.224 e. The van der Waals surface area contributed by atoms with E-state index in [0.717, 1.165) is 31.0 Å². The van der Waals surface area contributed by atoms with Crippen molar-refractivity contribution in [3.05, 3.63) is 30.2 Å². The van der Waals surface area contributed by atoms with Crippen LogP contribution in [0, 0.1) is 5.92 Å². The van der Waals surface area contributed by atoms with Gasteiger partial charge in [0, 0.05) is 26.0 Å². The fourth-order valence-corrected chi connectivity index (χ4v) is 3.07. The predicted molar refractivity (Wildman–Crippen MR) is 93.8 cm³/mol. The molecule has 7 nitrogen and oxygen atoms in total. The molecule has 2 N–H and O–H groups in total. The van der Waals surface area contributed by atoms with E-state index in [9.17, 15) is 0 Å². The van der Waals surface area contributed by atoms with E-state index in [1.807, 2.05) is 23.9 Å². The molecule has 2 atom stereocenters. The average Bonchev–Trinajstić information content (AvgIpc) is 2.99. The Morgan fingerprint density at radius 3 is 2.96 bits per heavy atom. The highest BCUT2D eigenvalue weighted by Crippen LogP contribution is 2.23. The molecule has 2 aromatic heterocycles. The number of ether oxygens (including phenoxy) is 1. The Morgan fingerprint density at radius 1 is 1.33 bits per heavy atom. The number of hydrogen-bond donors (Lipinski definition) is 2. The van der Waals surface area contributed by atoms with Gasteiger partial charge in [0.15, 0.2) is 0 Å². The van der Waals surface area contributed by atoms with Crippen molar-refractivity contribution in [2.75, 3.05) is 17.2 Å². The van der Waals surface area contributed by atoms with E-state index in [1.54, 1.807) is 12.4 Å². The third kappa shape index (κ3) is 4.03. The van der Waals surface area contributed by atoms with Gasteiger partial charge in [0.05, 0.1) is 24.4 Å². The van der Waals surface area contributed by atoms with Gasteiger partial charge in [0.25, 0.3) is 0 Å². The monoisotopic (exact) mass is 330 g/mol. The fourth-order valence-electron chi connectivity index (χ4n) is 3.07. The second kappa shape index (κ2) is 7.61. The highest BCUT2D eigenvalue weighted by Gasteiger charge is 2.28. The van der Waals surface area contributed by atoms with Crippen LogP contribution in [0.25, 0.3) is 0 Å². The van der Waals surface area contributed by atoms with Crippen molar-refractivity contribution in [3.8, 4) is 0 Å². The van der Waals surface area contributed by atoms with Crippen molar-refractivity contribution in [2.24, 2.45) is 13.0 Å². The van der Waals surface area contributed by atoms with Crippen LogP contribution >= 0.6 is 0 Å². The van der Waals surface area contributed by atoms with E-state index < -0.39 is 0 Å². The lowest BCUT2D eigenvalue weighted by molar-refractivity contribution is -0.0203. The Morgan fingerprint density at radius 2 is 2.21 bits per heavy atom. The molecule has 3 heterocycles. The Kier molecular flexibility index (Phi) is 5.30. The van der Waals surface area contributed by atoms with Crippen molar-refractivity contribution >= 4 is 11.8 Å². The third-order valence-corrected chi connectivity index (χ3v) is 4.36. The molecule has 0 aliphatic carbocycles. The molecule has 1 aliphatic rings. The second-order valence-electron chi connectivity index (χ2n) is 6.54. The fraction of sp³-hybridized carbons (Fsp3) is 0.588. The van der Waals surface area contributed by atoms with Crippen LogP contribution in [0.5, 0.6) is 0 Å². The molecule has 24 heavy (non-hydrogen) atoms. The van der Waals surface area contributed by atoms with E-state index in [4.69, 9.17) is 4.74 Å². The maximum Gasteiger partial charge on any atom is 0.224 e. The maximum atomic E-state index is 5.93. The molecular weight excluding hydrogens is 304 g/mol. The van der Waals surface area contributed by atoms with Gasteiger partial charge in [0.1, 0.15) is 5.82 Å². The molecular formula is C17H26N6O. The van der Waals surface area contributed by atoms with Gasteiger partial charge in [-0.2, -0.15) is 10.1 Å². The van der Waals surface area contributed by atoms with Crippen molar-refractivity contribution < 1.29 is 4.74 Å². The Balaban J connectivity index is 1.63. The lowest BCUT2D eigenvalue weighted by Gasteiger charge is -2.35. The number of aryl methyl sites for hydroxylation is 1. The highest BCUT2D eigenvalue weighted by molar-refractivity contribution is 5.41. The first-order valence-corrected chi connectivity index (χ1v) is 8.55. The van der Waals surface area contributed by atoms with Crippen LogP contribution in [-0.2, 0) is 18.3 Å². The van der Waals surface area contributed by atoms with Gasteiger partial charge in [-0.3, -0.25) is 4.68 Å². The maximum absolute atomic E-state index is 5.93. The van der Waals surface area contributed by atoms with Crippen LogP contribution in [0.1, 0.15) is 32.4 Å². The molecule has 3 rings (SSSR count). The summed E-state index contributed by atoms with van der Waals surface area (Å²) in [5.74, 6) is 1.92. The Bertz CT molecular complexity index is 656. The first-order chi connectivity index (χ1) is 11.6. The Hall–Kier alpha value is -2.15. The number of nitrogens with zero attached hydrogens (tertiary/aromatic N) is 4. The Labute approximate surface area is 142 Å². The number of rotatable bonds is 6. The highest BCUT2D eigenvalue weighted by atomic mass is 16.5. The van der Waals surface area contributed by atoms with Gasteiger partial charge in [-0.15, -0.1) is 0 Å². The molecule has 0 unspecified atom stereocenters. The van der Waals surface area contributed by atoms with E-state index in [-0.39, 0.29) is 6.10 Å². The van der Waals surface area contributed by atoms with E-state index in [2.05, 4.69) is 39.5 Å². The van der Waals surface area contributed by atoms with Gasteiger partial charge in [-0.1, -0.05) is 13.8 Å². The van der Waals surface area contributed by atoms with Crippen molar-refractivity contribution in [2.45, 2.75) is 45.4 Å². The lowest BCUT2D eigenvalue weighted by atomic mass is 9.94. The molecule has 0 spiro atoms. The summed E-state index contributed by atoms with van der Waals surface area (Å²) in [4.78, 5) is 8.86. The topological polar surface area (TPSA) is 76.9 Å². The third-order valence-electron chi connectivity index (χ3n) is 4.36. The van der Waals surface area contributed by atoms with Gasteiger partial charge in [-0.05, 0) is 30.9 Å². The molecule has 0 bridgehead atoms. The average molecular weight is 330 g/mol. The molecule has 1 aliphatic heterocycles. The summed E-state index contributed by atoms with van der Waals surface area (Å²) >= 11 is 0. The molecule has 0 amide bonds. The van der Waals surface area contributed by atoms with Crippen LogP contribution in [0.3, 0.4) is 0 Å². The van der Waals surface area contributed by atoms with E-state index >= 15 is 0 Å². The van der Waals surface area contributed by atoms with Gasteiger partial charge in [0.2, 0.25) is 5.95 Å². The molecule has 0 radical (unpaired) electrons. The van der Waals surface area contributed by atoms with E-state index in [0.29, 0.717) is 24.5 Å². The standard InChI is InChI=1S/C17H26N6O/c1-12(2)16-14(5-4-10-24-16)21-15-7-8-18-17(22-15)19-11-13-6-9-20-23(13)3/h6-9,12,14,16H,4-5,10-11H2,1-3H3,(H2,18,19,21,22)/t14-,16-/m0/s1. The van der Waals surface area contributed by atoms with Gasteiger partial charge < -0.3 is 15.4 Å². The minimum atomic E-state index is 0.222. The number of hydrogen-bond acceptors (Lipinski definition) is 6. The number of anilines is 2. The van der Waals surface area contributed by atoms with Gasteiger partial charge in [-0.25, -0.2) is 4.98 Å². The molecule has 0 aromatic carbocycles. The zero-order valence-corrected chi connectivity index (χ0v) is 14.6. The zero-order chi connectivity index (χ0) is 16.9. The van der Waals surface area contributed by atoms with Crippen LogP contribution in [0.4, 0.5) is 11.8 Å². The molecule has 1 saturated heterocycles. The van der Waals surface area contributed by atoms with Gasteiger partial charge >= 0.3 is 0 Å². The summed E-state index contributed by atoms with van der Waals surface area (Å²) in [6, 6.07) is 4.17. The largest absolute Gasteiger partial charge is 0.376 e. The van der Waals surface area contributed by atoms with Crippen molar-refractivity contribution in [1.82, 2.24) is 19.7 Å². The second-order valence-corrected chi connectivity index (χ2v) is 6.54. The molecule has 2 aromatic rings. The van der Waals surface area contributed by atoms with Crippen LogP contribution < -0.4 is 10.6 Å². The summed E-state index contributed by atoms with van der Waals surface area (Å²) < 4.78 is 7.77. The summed E-state index contributed by atoms with van der Waals surface area (Å²) in [6.45, 7) is 5.89. The number of aromatic nitrogens is 4. The first-order valence-electron chi connectivity index (χ1n) is 8.55. The summed E-state index contributed by atoms with van der Waals surface area (Å²) in [5, 5.41) is 10.9. The minimum Gasteiger partial charge on any atom is -0.376 e. The van der Waals surface area contributed by atoms with Crippen molar-refractivity contribution in [3.63, 3.8) is 0 Å². The minimum absolute atomic E-state index is 0.222. The van der Waals surface area contributed by atoms with E-state index in [1.165, 1.54) is 0 Å². The van der Waals surface area contributed by atoms with Crippen LogP contribution in [-0.4, -0.2) is 38.5 Å². The summed E-state index contributed by atoms with van der Waals surface area (Å²) in [7, 11) is 1.92. The van der Waals surface area contributed by atoms with Crippen molar-refractivity contribution in [1.29, 1.82) is 0 Å². The van der Waals surface area contributed by atoms with Crippen LogP contribution in [0.2, 0.25) is 0 Å². The quantitative estimate of drug-likeness (QED) is 0.847. The molecule has 1 fully saturated rings. The summed E-state index contributed by atoms with van der Waals surface area (Å²) in [5.41, 5.74) is 1.08. The lowest BCUT2D eigenvalue weighted by Crippen LogP contribution is -2.43. The zero-order valence-electron chi connectivity index (χ0n) is 14.6. The summed E-state index contributed by atoms with van der Waals surface area (Å²) in [6.07, 6.45) is 5.96.